The molecular formula is C14H30O. The summed E-state index contributed by atoms with van der Waals surface area (Å²) in [4.78, 5) is 0. The Morgan fingerprint density at radius 3 is 1.93 bits per heavy atom. The van der Waals surface area contributed by atoms with E-state index >= 15 is 0 Å². The molecule has 1 unspecified atom stereocenters. The van der Waals surface area contributed by atoms with Gasteiger partial charge < -0.3 is 4.74 Å². The second-order valence-electron chi connectivity index (χ2n) is 4.40. The Morgan fingerprint density at radius 1 is 0.800 bits per heavy atom. The van der Waals surface area contributed by atoms with Gasteiger partial charge in [0.25, 0.3) is 0 Å². The van der Waals surface area contributed by atoms with Crippen LogP contribution in [0.5, 0.6) is 0 Å². The molecule has 0 aliphatic heterocycles. The summed E-state index contributed by atoms with van der Waals surface area (Å²) in [6.45, 7) is 7.46. The highest BCUT2D eigenvalue weighted by molar-refractivity contribution is 4.56. The largest absolute Gasteiger partial charge is 0.379 e. The van der Waals surface area contributed by atoms with Crippen molar-refractivity contribution < 1.29 is 4.74 Å². The van der Waals surface area contributed by atoms with Crippen molar-refractivity contribution >= 4 is 0 Å². The lowest BCUT2D eigenvalue weighted by Crippen LogP contribution is -2.11. The molecule has 15 heavy (non-hydrogen) atoms. The van der Waals surface area contributed by atoms with Gasteiger partial charge in [-0.3, -0.25) is 0 Å². The van der Waals surface area contributed by atoms with Crippen LogP contribution in [0.25, 0.3) is 0 Å². The van der Waals surface area contributed by atoms with Gasteiger partial charge in [-0.2, -0.15) is 0 Å². The highest BCUT2D eigenvalue weighted by Gasteiger charge is 2.04. The van der Waals surface area contributed by atoms with Crippen molar-refractivity contribution in [2.24, 2.45) is 0 Å². The molecule has 0 fully saturated rings. The van der Waals surface area contributed by atoms with Crippen LogP contribution in [0, 0.1) is 0 Å². The minimum absolute atomic E-state index is 0.519. The van der Waals surface area contributed by atoms with Crippen LogP contribution in [0.1, 0.15) is 78.6 Å². The van der Waals surface area contributed by atoms with Gasteiger partial charge in [0.2, 0.25) is 0 Å². The first-order chi connectivity index (χ1) is 7.35. The van der Waals surface area contributed by atoms with Gasteiger partial charge >= 0.3 is 0 Å². The maximum absolute atomic E-state index is 5.64. The maximum Gasteiger partial charge on any atom is 0.0572 e. The topological polar surface area (TPSA) is 9.23 Å². The van der Waals surface area contributed by atoms with Gasteiger partial charge in [0, 0.05) is 6.61 Å². The van der Waals surface area contributed by atoms with Crippen molar-refractivity contribution in [3.05, 3.63) is 0 Å². The van der Waals surface area contributed by atoms with E-state index in [1.165, 1.54) is 57.8 Å². The smallest absolute Gasteiger partial charge is 0.0572 e. The molecule has 0 N–H and O–H groups in total. The Kier molecular flexibility index (Phi) is 12.0. The third-order valence-electron chi connectivity index (χ3n) is 2.99. The Labute approximate surface area is 96.6 Å². The summed E-state index contributed by atoms with van der Waals surface area (Å²) in [5, 5.41) is 0. The molecule has 0 saturated heterocycles. The summed E-state index contributed by atoms with van der Waals surface area (Å²) in [6, 6.07) is 0. The van der Waals surface area contributed by atoms with Crippen molar-refractivity contribution in [2.45, 2.75) is 84.7 Å². The lowest BCUT2D eigenvalue weighted by atomic mass is 10.1. The minimum atomic E-state index is 0.519. The van der Waals surface area contributed by atoms with E-state index in [-0.39, 0.29) is 0 Å². The fourth-order valence-corrected chi connectivity index (χ4v) is 1.97. The molecule has 0 amide bonds. The monoisotopic (exact) mass is 214 g/mol. The summed E-state index contributed by atoms with van der Waals surface area (Å²) < 4.78 is 5.64. The SMILES string of the molecule is CCCCCCCCCC(CC)OCC. The standard InChI is InChI=1S/C14H30O/c1-4-7-8-9-10-11-12-13-14(5-2)15-6-3/h14H,4-13H2,1-3H3. The van der Waals surface area contributed by atoms with Gasteiger partial charge in [-0.15, -0.1) is 0 Å². The molecule has 0 aliphatic carbocycles. The first-order valence-corrected chi connectivity index (χ1v) is 6.96. The van der Waals surface area contributed by atoms with E-state index in [0.717, 1.165) is 6.61 Å². The third kappa shape index (κ3) is 10.2. The fourth-order valence-electron chi connectivity index (χ4n) is 1.97. The first-order valence-electron chi connectivity index (χ1n) is 6.96. The molecule has 1 heteroatoms. The van der Waals surface area contributed by atoms with Gasteiger partial charge in [-0.1, -0.05) is 58.8 Å². The molecule has 0 aromatic rings. The van der Waals surface area contributed by atoms with Crippen molar-refractivity contribution in [1.82, 2.24) is 0 Å². The zero-order valence-corrected chi connectivity index (χ0v) is 11.1. The quantitative estimate of drug-likeness (QED) is 0.442. The molecular weight excluding hydrogens is 184 g/mol. The van der Waals surface area contributed by atoms with Crippen LogP contribution >= 0.6 is 0 Å². The van der Waals surface area contributed by atoms with Gasteiger partial charge in [0.05, 0.1) is 6.10 Å². The van der Waals surface area contributed by atoms with Crippen LogP contribution in [0.4, 0.5) is 0 Å². The molecule has 0 saturated carbocycles. The van der Waals surface area contributed by atoms with Crippen molar-refractivity contribution in [3.8, 4) is 0 Å². The predicted molar refractivity (Wildman–Crippen MR) is 68.3 cm³/mol. The minimum Gasteiger partial charge on any atom is -0.379 e. The lowest BCUT2D eigenvalue weighted by molar-refractivity contribution is 0.0523. The molecule has 0 rings (SSSR count). The van der Waals surface area contributed by atoms with Gasteiger partial charge in [-0.05, 0) is 19.8 Å². The number of hydrogen-bond donors (Lipinski definition) is 0. The highest BCUT2D eigenvalue weighted by Crippen LogP contribution is 2.12. The molecule has 1 nitrogen and oxygen atoms in total. The van der Waals surface area contributed by atoms with Gasteiger partial charge in [0.15, 0.2) is 0 Å². The van der Waals surface area contributed by atoms with E-state index in [1.54, 1.807) is 0 Å². The van der Waals surface area contributed by atoms with E-state index in [4.69, 9.17) is 4.74 Å². The van der Waals surface area contributed by atoms with Crippen LogP contribution in [0.15, 0.2) is 0 Å². The van der Waals surface area contributed by atoms with Gasteiger partial charge in [-0.25, -0.2) is 0 Å². The summed E-state index contributed by atoms with van der Waals surface area (Å²) in [7, 11) is 0. The highest BCUT2D eigenvalue weighted by atomic mass is 16.5. The molecule has 92 valence electrons. The summed E-state index contributed by atoms with van der Waals surface area (Å²) in [5.74, 6) is 0. The predicted octanol–water partition coefficient (Wildman–Crippen LogP) is 4.94. The molecule has 0 heterocycles. The van der Waals surface area contributed by atoms with E-state index in [1.807, 2.05) is 0 Å². The third-order valence-corrected chi connectivity index (χ3v) is 2.99. The molecule has 0 bridgehead atoms. The van der Waals surface area contributed by atoms with Gasteiger partial charge in [0.1, 0.15) is 0 Å². The molecule has 0 aliphatic rings. The van der Waals surface area contributed by atoms with Crippen LogP contribution in [-0.2, 0) is 4.74 Å². The van der Waals surface area contributed by atoms with Crippen LogP contribution in [-0.4, -0.2) is 12.7 Å². The van der Waals surface area contributed by atoms with Crippen LogP contribution in [0.3, 0.4) is 0 Å². The second-order valence-corrected chi connectivity index (χ2v) is 4.40. The summed E-state index contributed by atoms with van der Waals surface area (Å²) >= 11 is 0. The summed E-state index contributed by atoms with van der Waals surface area (Å²) in [6.07, 6.45) is 12.7. The van der Waals surface area contributed by atoms with Crippen molar-refractivity contribution in [2.75, 3.05) is 6.61 Å². The molecule has 0 spiro atoms. The Hall–Kier alpha value is -0.0400. The normalized spacial score (nSPS) is 13.0. The average molecular weight is 214 g/mol. The molecule has 0 aromatic heterocycles. The Balaban J connectivity index is 3.14. The van der Waals surface area contributed by atoms with E-state index in [0.29, 0.717) is 6.10 Å². The number of hydrogen-bond acceptors (Lipinski definition) is 1. The fraction of sp³-hybridized carbons (Fsp3) is 1.00. The first kappa shape index (κ1) is 15.0. The Bertz CT molecular complexity index is 112. The maximum atomic E-state index is 5.64. The number of unbranched alkanes of at least 4 members (excludes halogenated alkanes) is 6. The second kappa shape index (κ2) is 12.0. The summed E-state index contributed by atoms with van der Waals surface area (Å²) in [5.41, 5.74) is 0. The van der Waals surface area contributed by atoms with E-state index in [2.05, 4.69) is 20.8 Å². The Morgan fingerprint density at radius 2 is 1.40 bits per heavy atom. The molecule has 1 atom stereocenters. The van der Waals surface area contributed by atoms with Crippen molar-refractivity contribution in [3.63, 3.8) is 0 Å². The number of rotatable bonds is 11. The van der Waals surface area contributed by atoms with Crippen LogP contribution in [0.2, 0.25) is 0 Å². The van der Waals surface area contributed by atoms with E-state index < -0.39 is 0 Å². The molecule has 0 aromatic carbocycles. The van der Waals surface area contributed by atoms with Crippen molar-refractivity contribution in [1.29, 1.82) is 0 Å². The van der Waals surface area contributed by atoms with E-state index in [9.17, 15) is 0 Å². The average Bonchev–Trinajstić information content (AvgIpc) is 2.26. The van der Waals surface area contributed by atoms with Crippen LogP contribution < -0.4 is 0 Å². The zero-order chi connectivity index (χ0) is 11.4. The zero-order valence-electron chi connectivity index (χ0n) is 11.1. The lowest BCUT2D eigenvalue weighted by Gasteiger charge is -2.14. The number of ether oxygens (including phenoxy) is 1. The molecule has 0 radical (unpaired) electrons.